The van der Waals surface area contributed by atoms with E-state index in [1.165, 1.54) is 10.6 Å². The van der Waals surface area contributed by atoms with Crippen LogP contribution in [0.5, 0.6) is 0 Å². The van der Waals surface area contributed by atoms with Gasteiger partial charge in [0.25, 0.3) is 0 Å². The summed E-state index contributed by atoms with van der Waals surface area (Å²) in [5, 5.41) is 10.1. The van der Waals surface area contributed by atoms with Crippen LogP contribution in [0.25, 0.3) is 0 Å². The first-order valence-corrected chi connectivity index (χ1v) is 6.87. The van der Waals surface area contributed by atoms with Crippen LogP contribution in [0.1, 0.15) is 36.2 Å². The van der Waals surface area contributed by atoms with Crippen molar-refractivity contribution in [1.29, 1.82) is 0 Å². The van der Waals surface area contributed by atoms with E-state index in [1.807, 2.05) is 11.7 Å². The summed E-state index contributed by atoms with van der Waals surface area (Å²) in [7, 11) is 2.01. The molecule has 2 aromatic heterocycles. The van der Waals surface area contributed by atoms with E-state index in [0.29, 0.717) is 6.04 Å². The number of nitrogens with zero attached hydrogens (tertiary/aromatic N) is 2. The standard InChI is InChI=1S/C13H19N3S/c1-4-11-8-12(16(3)15-11)9-14-10(2)13-6-5-7-17-13/h5-8,10,14H,4,9H2,1-3H3. The van der Waals surface area contributed by atoms with Crippen LogP contribution in [-0.2, 0) is 20.0 Å². The molecule has 0 radical (unpaired) electrons. The lowest BCUT2D eigenvalue weighted by Crippen LogP contribution is -2.18. The minimum absolute atomic E-state index is 0.398. The number of nitrogens with one attached hydrogen (secondary N) is 1. The Hall–Kier alpha value is -1.13. The average Bonchev–Trinajstić information content (AvgIpc) is 2.95. The topological polar surface area (TPSA) is 29.9 Å². The van der Waals surface area contributed by atoms with Gasteiger partial charge in [0.05, 0.1) is 11.4 Å². The lowest BCUT2D eigenvalue weighted by molar-refractivity contribution is 0.554. The normalized spacial score (nSPS) is 12.9. The number of thiophene rings is 1. The molecule has 2 aromatic rings. The van der Waals surface area contributed by atoms with Crippen molar-refractivity contribution in [1.82, 2.24) is 15.1 Å². The minimum atomic E-state index is 0.398. The van der Waals surface area contributed by atoms with Crippen molar-refractivity contribution >= 4 is 11.3 Å². The fourth-order valence-electron chi connectivity index (χ4n) is 1.81. The third-order valence-electron chi connectivity index (χ3n) is 2.95. The van der Waals surface area contributed by atoms with Gasteiger partial charge in [0.2, 0.25) is 0 Å². The van der Waals surface area contributed by atoms with Crippen LogP contribution in [-0.4, -0.2) is 9.78 Å². The van der Waals surface area contributed by atoms with Gasteiger partial charge in [-0.1, -0.05) is 13.0 Å². The zero-order valence-corrected chi connectivity index (χ0v) is 11.4. The van der Waals surface area contributed by atoms with E-state index in [9.17, 15) is 0 Å². The highest BCUT2D eigenvalue weighted by Gasteiger charge is 2.08. The third kappa shape index (κ3) is 2.96. The third-order valence-corrected chi connectivity index (χ3v) is 4.00. The molecule has 0 fully saturated rings. The van der Waals surface area contributed by atoms with Crippen LogP contribution < -0.4 is 5.32 Å². The van der Waals surface area contributed by atoms with Gasteiger partial charge in [-0.3, -0.25) is 4.68 Å². The van der Waals surface area contributed by atoms with Crippen LogP contribution in [0.2, 0.25) is 0 Å². The van der Waals surface area contributed by atoms with Crippen molar-refractivity contribution < 1.29 is 0 Å². The van der Waals surface area contributed by atoms with E-state index >= 15 is 0 Å². The molecule has 0 saturated heterocycles. The summed E-state index contributed by atoms with van der Waals surface area (Å²) in [4.78, 5) is 1.38. The summed E-state index contributed by atoms with van der Waals surface area (Å²) in [5.41, 5.74) is 2.40. The predicted octanol–water partition coefficient (Wildman–Crippen LogP) is 2.89. The fraction of sp³-hybridized carbons (Fsp3) is 0.462. The van der Waals surface area contributed by atoms with Gasteiger partial charge >= 0.3 is 0 Å². The molecular formula is C13H19N3S. The van der Waals surface area contributed by atoms with Crippen molar-refractivity contribution in [2.45, 2.75) is 32.9 Å². The average molecular weight is 249 g/mol. The smallest absolute Gasteiger partial charge is 0.0625 e. The molecule has 2 rings (SSSR count). The Morgan fingerprint density at radius 3 is 2.94 bits per heavy atom. The minimum Gasteiger partial charge on any atom is -0.304 e. The number of rotatable bonds is 5. The second-order valence-corrected chi connectivity index (χ2v) is 5.20. The van der Waals surface area contributed by atoms with Gasteiger partial charge in [-0.2, -0.15) is 5.10 Å². The summed E-state index contributed by atoms with van der Waals surface area (Å²) in [6.45, 7) is 5.19. The van der Waals surface area contributed by atoms with Gasteiger partial charge in [0.15, 0.2) is 0 Å². The van der Waals surface area contributed by atoms with Gasteiger partial charge in [0.1, 0.15) is 0 Å². The van der Waals surface area contributed by atoms with Gasteiger partial charge in [-0.05, 0) is 30.9 Å². The highest BCUT2D eigenvalue weighted by molar-refractivity contribution is 7.10. The molecule has 1 unspecified atom stereocenters. The molecule has 2 heterocycles. The summed E-state index contributed by atoms with van der Waals surface area (Å²) in [6, 6.07) is 6.84. The lowest BCUT2D eigenvalue weighted by Gasteiger charge is -2.11. The van der Waals surface area contributed by atoms with Gasteiger partial charge < -0.3 is 5.32 Å². The Morgan fingerprint density at radius 2 is 2.35 bits per heavy atom. The SMILES string of the molecule is CCc1cc(CNC(C)c2cccs2)n(C)n1. The molecular weight excluding hydrogens is 230 g/mol. The Balaban J connectivity index is 1.95. The number of aromatic nitrogens is 2. The Bertz CT molecular complexity index is 459. The van der Waals surface area contributed by atoms with Crippen molar-refractivity contribution in [3.8, 4) is 0 Å². The maximum atomic E-state index is 4.45. The largest absolute Gasteiger partial charge is 0.304 e. The maximum Gasteiger partial charge on any atom is 0.0625 e. The molecule has 0 spiro atoms. The fourth-order valence-corrected chi connectivity index (χ4v) is 2.56. The zero-order valence-electron chi connectivity index (χ0n) is 10.6. The first-order chi connectivity index (χ1) is 8.20. The van der Waals surface area contributed by atoms with E-state index in [0.717, 1.165) is 18.7 Å². The maximum absolute atomic E-state index is 4.45. The van der Waals surface area contributed by atoms with Crippen LogP contribution in [0.3, 0.4) is 0 Å². The molecule has 0 aliphatic carbocycles. The highest BCUT2D eigenvalue weighted by Crippen LogP contribution is 2.18. The molecule has 4 heteroatoms. The number of hydrogen-bond acceptors (Lipinski definition) is 3. The quantitative estimate of drug-likeness (QED) is 0.883. The Labute approximate surface area is 106 Å². The predicted molar refractivity (Wildman–Crippen MR) is 72.2 cm³/mol. The Morgan fingerprint density at radius 1 is 1.53 bits per heavy atom. The molecule has 0 bridgehead atoms. The molecule has 17 heavy (non-hydrogen) atoms. The monoisotopic (exact) mass is 249 g/mol. The van der Waals surface area contributed by atoms with E-state index in [1.54, 1.807) is 11.3 Å². The van der Waals surface area contributed by atoms with E-state index in [-0.39, 0.29) is 0 Å². The first kappa shape index (κ1) is 12.3. The highest BCUT2D eigenvalue weighted by atomic mass is 32.1. The van der Waals surface area contributed by atoms with E-state index in [2.05, 4.69) is 47.8 Å². The van der Waals surface area contributed by atoms with Gasteiger partial charge in [0, 0.05) is 24.5 Å². The lowest BCUT2D eigenvalue weighted by atomic mass is 10.2. The molecule has 92 valence electrons. The summed E-state index contributed by atoms with van der Waals surface area (Å²) < 4.78 is 1.97. The molecule has 0 saturated carbocycles. The molecule has 0 aliphatic heterocycles. The van der Waals surface area contributed by atoms with Crippen molar-refractivity contribution in [3.63, 3.8) is 0 Å². The van der Waals surface area contributed by atoms with Crippen LogP contribution in [0, 0.1) is 0 Å². The molecule has 3 nitrogen and oxygen atoms in total. The van der Waals surface area contributed by atoms with Crippen molar-refractivity contribution in [2.75, 3.05) is 0 Å². The molecule has 0 aliphatic rings. The zero-order chi connectivity index (χ0) is 12.3. The van der Waals surface area contributed by atoms with Crippen LogP contribution in [0.4, 0.5) is 0 Å². The van der Waals surface area contributed by atoms with Gasteiger partial charge in [-0.15, -0.1) is 11.3 Å². The van der Waals surface area contributed by atoms with E-state index < -0.39 is 0 Å². The second kappa shape index (κ2) is 5.47. The van der Waals surface area contributed by atoms with Gasteiger partial charge in [-0.25, -0.2) is 0 Å². The number of aryl methyl sites for hydroxylation is 2. The molecule has 1 N–H and O–H groups in total. The molecule has 0 amide bonds. The van der Waals surface area contributed by atoms with Crippen molar-refractivity contribution in [2.24, 2.45) is 7.05 Å². The van der Waals surface area contributed by atoms with Crippen LogP contribution in [0.15, 0.2) is 23.6 Å². The molecule has 0 aromatic carbocycles. The summed E-state index contributed by atoms with van der Waals surface area (Å²) >= 11 is 1.80. The van der Waals surface area contributed by atoms with Crippen LogP contribution >= 0.6 is 11.3 Å². The molecule has 1 atom stereocenters. The second-order valence-electron chi connectivity index (χ2n) is 4.22. The first-order valence-electron chi connectivity index (χ1n) is 5.99. The van der Waals surface area contributed by atoms with E-state index in [4.69, 9.17) is 0 Å². The Kier molecular flexibility index (Phi) is 3.97. The number of hydrogen-bond donors (Lipinski definition) is 1. The van der Waals surface area contributed by atoms with Crippen molar-refractivity contribution in [3.05, 3.63) is 39.8 Å². The summed E-state index contributed by atoms with van der Waals surface area (Å²) in [6.07, 6.45) is 0.994. The summed E-state index contributed by atoms with van der Waals surface area (Å²) in [5.74, 6) is 0.